The van der Waals surface area contributed by atoms with Crippen molar-refractivity contribution in [3.8, 4) is 0 Å². The summed E-state index contributed by atoms with van der Waals surface area (Å²) in [5.74, 6) is -0.327. The van der Waals surface area contributed by atoms with Crippen LogP contribution in [-0.4, -0.2) is 5.91 Å². The van der Waals surface area contributed by atoms with E-state index in [2.05, 4.69) is 5.32 Å². The molecule has 0 aliphatic rings. The topological polar surface area (TPSA) is 55.1 Å². The van der Waals surface area contributed by atoms with Crippen LogP contribution in [0.3, 0.4) is 0 Å². The number of rotatable bonds is 3. The van der Waals surface area contributed by atoms with Gasteiger partial charge in [0, 0.05) is 11.8 Å². The first-order chi connectivity index (χ1) is 9.95. The number of benzene rings is 2. The van der Waals surface area contributed by atoms with Crippen LogP contribution in [-0.2, 0) is 4.79 Å². The maximum Gasteiger partial charge on any atom is 0.248 e. The molecule has 0 aromatic heterocycles. The Bertz CT molecular complexity index is 697. The molecule has 2 aromatic carbocycles. The van der Waals surface area contributed by atoms with Crippen molar-refractivity contribution < 1.29 is 4.79 Å². The number of anilines is 2. The highest BCUT2D eigenvalue weighted by Gasteiger charge is 2.07. The van der Waals surface area contributed by atoms with E-state index in [4.69, 9.17) is 40.5 Å². The molecule has 0 saturated heterocycles. The molecule has 0 fully saturated rings. The predicted octanol–water partition coefficient (Wildman–Crippen LogP) is 4.88. The van der Waals surface area contributed by atoms with E-state index in [0.29, 0.717) is 26.4 Å². The quantitative estimate of drug-likeness (QED) is 0.475. The van der Waals surface area contributed by atoms with E-state index >= 15 is 0 Å². The molecule has 0 aliphatic heterocycles. The average Bonchev–Trinajstić information content (AvgIpc) is 2.44. The second-order valence-electron chi connectivity index (χ2n) is 4.24. The molecule has 0 saturated carbocycles. The van der Waals surface area contributed by atoms with Gasteiger partial charge in [0.25, 0.3) is 0 Å². The molecule has 0 spiro atoms. The molecule has 3 N–H and O–H groups in total. The zero-order chi connectivity index (χ0) is 15.4. The third kappa shape index (κ3) is 4.39. The lowest BCUT2D eigenvalue weighted by Crippen LogP contribution is -2.08. The minimum atomic E-state index is -0.327. The Morgan fingerprint density at radius 3 is 2.29 bits per heavy atom. The molecule has 2 aromatic rings. The number of halogens is 3. The Hall–Kier alpha value is -1.68. The van der Waals surface area contributed by atoms with E-state index in [1.807, 2.05) is 12.1 Å². The molecule has 1 amide bonds. The fourth-order valence-electron chi connectivity index (χ4n) is 1.57. The number of amides is 1. The monoisotopic (exact) mass is 340 g/mol. The summed E-state index contributed by atoms with van der Waals surface area (Å²) in [7, 11) is 0. The lowest BCUT2D eigenvalue weighted by molar-refractivity contribution is -0.111. The van der Waals surface area contributed by atoms with Gasteiger partial charge in [0.2, 0.25) is 5.91 Å². The van der Waals surface area contributed by atoms with Crippen molar-refractivity contribution in [3.05, 3.63) is 63.1 Å². The Kier molecular flexibility index (Phi) is 5.12. The molecule has 6 heteroatoms. The average molecular weight is 342 g/mol. The number of carbonyl (C=O) groups is 1. The highest BCUT2D eigenvalue weighted by Crippen LogP contribution is 2.32. The first-order valence-corrected chi connectivity index (χ1v) is 7.08. The summed E-state index contributed by atoms with van der Waals surface area (Å²) in [5.41, 5.74) is 7.51. The molecule has 3 nitrogen and oxygen atoms in total. The van der Waals surface area contributed by atoms with Crippen molar-refractivity contribution >= 4 is 58.2 Å². The summed E-state index contributed by atoms with van der Waals surface area (Å²) < 4.78 is 0. The third-order valence-electron chi connectivity index (χ3n) is 2.63. The maximum absolute atomic E-state index is 11.8. The standard InChI is InChI=1S/C15H11Cl3N2O/c16-11-7-13(18)14(8-12(11)17)20-15(21)6-3-9-1-4-10(19)5-2-9/h1-8H,19H2,(H,20,21)/b6-3+. The van der Waals surface area contributed by atoms with Gasteiger partial charge in [-0.1, -0.05) is 46.9 Å². The second-order valence-corrected chi connectivity index (χ2v) is 5.46. The van der Waals surface area contributed by atoms with Gasteiger partial charge in [0.15, 0.2) is 0 Å². The van der Waals surface area contributed by atoms with E-state index in [1.165, 1.54) is 18.2 Å². The van der Waals surface area contributed by atoms with Gasteiger partial charge in [0.05, 0.1) is 20.8 Å². The predicted molar refractivity (Wildman–Crippen MR) is 90.0 cm³/mol. The minimum Gasteiger partial charge on any atom is -0.399 e. The molecule has 108 valence electrons. The Balaban J connectivity index is 2.08. The van der Waals surface area contributed by atoms with Gasteiger partial charge in [-0.25, -0.2) is 0 Å². The summed E-state index contributed by atoms with van der Waals surface area (Å²) in [6, 6.07) is 10.1. The van der Waals surface area contributed by atoms with E-state index in [9.17, 15) is 4.79 Å². The van der Waals surface area contributed by atoms with Crippen molar-refractivity contribution in [1.29, 1.82) is 0 Å². The normalized spacial score (nSPS) is 10.8. The van der Waals surface area contributed by atoms with Crippen LogP contribution >= 0.6 is 34.8 Å². The van der Waals surface area contributed by atoms with Crippen LogP contribution < -0.4 is 11.1 Å². The van der Waals surface area contributed by atoms with E-state index < -0.39 is 0 Å². The summed E-state index contributed by atoms with van der Waals surface area (Å²) in [4.78, 5) is 11.8. The SMILES string of the molecule is Nc1ccc(/C=C/C(=O)Nc2cc(Cl)c(Cl)cc2Cl)cc1. The molecule has 0 aliphatic carbocycles. The van der Waals surface area contributed by atoms with Crippen molar-refractivity contribution in [3.63, 3.8) is 0 Å². The lowest BCUT2D eigenvalue weighted by Gasteiger charge is -2.06. The van der Waals surface area contributed by atoms with Gasteiger partial charge in [-0.2, -0.15) is 0 Å². The molecule has 0 atom stereocenters. The molecule has 0 unspecified atom stereocenters. The van der Waals surface area contributed by atoms with E-state index in [1.54, 1.807) is 18.2 Å². The fraction of sp³-hybridized carbons (Fsp3) is 0. The third-order valence-corrected chi connectivity index (χ3v) is 3.67. The number of nitrogen functional groups attached to an aromatic ring is 1. The molecule has 0 radical (unpaired) electrons. The van der Waals surface area contributed by atoms with Gasteiger partial charge in [0.1, 0.15) is 0 Å². The molecule has 2 rings (SSSR count). The highest BCUT2D eigenvalue weighted by atomic mass is 35.5. The van der Waals surface area contributed by atoms with E-state index in [0.717, 1.165) is 5.56 Å². The summed E-state index contributed by atoms with van der Waals surface area (Å²) in [6.45, 7) is 0. The molecule has 0 heterocycles. The lowest BCUT2D eigenvalue weighted by atomic mass is 10.2. The Morgan fingerprint density at radius 2 is 1.62 bits per heavy atom. The number of nitrogens with one attached hydrogen (secondary N) is 1. The number of hydrogen-bond donors (Lipinski definition) is 2. The molecule has 0 bridgehead atoms. The molecular formula is C15H11Cl3N2O. The fourth-order valence-corrected chi connectivity index (χ4v) is 2.17. The Labute approximate surface area is 137 Å². The number of hydrogen-bond acceptors (Lipinski definition) is 2. The van der Waals surface area contributed by atoms with E-state index in [-0.39, 0.29) is 5.91 Å². The van der Waals surface area contributed by atoms with Crippen LogP contribution in [0.15, 0.2) is 42.5 Å². The van der Waals surface area contributed by atoms with Gasteiger partial charge in [-0.15, -0.1) is 0 Å². The van der Waals surface area contributed by atoms with Crippen molar-refractivity contribution in [2.24, 2.45) is 0 Å². The zero-order valence-electron chi connectivity index (χ0n) is 10.7. The van der Waals surface area contributed by atoms with Crippen molar-refractivity contribution in [2.75, 3.05) is 11.1 Å². The Morgan fingerprint density at radius 1 is 1.00 bits per heavy atom. The van der Waals surface area contributed by atoms with Crippen LogP contribution in [0.1, 0.15) is 5.56 Å². The van der Waals surface area contributed by atoms with Gasteiger partial charge in [-0.05, 0) is 35.9 Å². The van der Waals surface area contributed by atoms with Gasteiger partial charge >= 0.3 is 0 Å². The van der Waals surface area contributed by atoms with Crippen LogP contribution in [0.4, 0.5) is 11.4 Å². The number of carbonyl (C=O) groups excluding carboxylic acids is 1. The first-order valence-electron chi connectivity index (χ1n) is 5.95. The second kappa shape index (κ2) is 6.85. The van der Waals surface area contributed by atoms with Crippen LogP contribution in [0, 0.1) is 0 Å². The molecule has 21 heavy (non-hydrogen) atoms. The summed E-state index contributed by atoms with van der Waals surface area (Å²) in [6.07, 6.45) is 3.06. The van der Waals surface area contributed by atoms with Gasteiger partial charge < -0.3 is 11.1 Å². The van der Waals surface area contributed by atoms with Crippen molar-refractivity contribution in [2.45, 2.75) is 0 Å². The number of nitrogens with two attached hydrogens (primary N) is 1. The largest absolute Gasteiger partial charge is 0.399 e. The maximum atomic E-state index is 11.8. The van der Waals surface area contributed by atoms with Crippen molar-refractivity contribution in [1.82, 2.24) is 0 Å². The molecular weight excluding hydrogens is 331 g/mol. The highest BCUT2D eigenvalue weighted by molar-refractivity contribution is 6.44. The van der Waals surface area contributed by atoms with Crippen LogP contribution in [0.25, 0.3) is 6.08 Å². The van der Waals surface area contributed by atoms with Gasteiger partial charge in [-0.3, -0.25) is 4.79 Å². The first kappa shape index (κ1) is 15.7. The smallest absolute Gasteiger partial charge is 0.248 e. The van der Waals surface area contributed by atoms with Crippen LogP contribution in [0.5, 0.6) is 0 Å². The zero-order valence-corrected chi connectivity index (χ0v) is 13.0. The minimum absolute atomic E-state index is 0.318. The summed E-state index contributed by atoms with van der Waals surface area (Å²) >= 11 is 17.7. The van der Waals surface area contributed by atoms with Crippen LogP contribution in [0.2, 0.25) is 15.1 Å². The summed E-state index contributed by atoms with van der Waals surface area (Å²) in [5, 5.41) is 3.60.